The summed E-state index contributed by atoms with van der Waals surface area (Å²) in [7, 11) is 0. The molecule has 0 saturated heterocycles. The van der Waals surface area contributed by atoms with E-state index >= 15 is 0 Å². The molecular formula is C20H20N2O8. The van der Waals surface area contributed by atoms with E-state index in [0.29, 0.717) is 5.56 Å². The number of nitrogens with two attached hydrogens (primary N) is 2. The van der Waals surface area contributed by atoms with Crippen LogP contribution in [0, 0.1) is 11.8 Å². The second-order valence-corrected chi connectivity index (χ2v) is 7.95. The predicted molar refractivity (Wildman–Crippen MR) is 102 cm³/mol. The second-order valence-electron chi connectivity index (χ2n) is 7.95. The van der Waals surface area contributed by atoms with Gasteiger partial charge in [0.1, 0.15) is 22.8 Å². The van der Waals surface area contributed by atoms with Crippen LogP contribution in [0.3, 0.4) is 0 Å². The number of fused-ring (bicyclic) bond motifs is 3. The molecule has 10 nitrogen and oxygen atoms in total. The van der Waals surface area contributed by atoms with Gasteiger partial charge >= 0.3 is 0 Å². The van der Waals surface area contributed by atoms with E-state index in [4.69, 9.17) is 11.5 Å². The molecule has 0 unspecified atom stereocenters. The Morgan fingerprint density at radius 1 is 1.20 bits per heavy atom. The maximum absolute atomic E-state index is 13.4. The molecule has 5 atom stereocenters. The van der Waals surface area contributed by atoms with E-state index in [9.17, 15) is 39.9 Å². The molecule has 3 aliphatic carbocycles. The number of carbonyl (C=O) groups excluding carboxylic acids is 3. The monoisotopic (exact) mass is 416 g/mol. The van der Waals surface area contributed by atoms with Crippen LogP contribution >= 0.6 is 0 Å². The predicted octanol–water partition coefficient (Wildman–Crippen LogP) is -0.462. The Bertz CT molecular complexity index is 1100. The van der Waals surface area contributed by atoms with Gasteiger partial charge in [0.25, 0.3) is 5.91 Å². The summed E-state index contributed by atoms with van der Waals surface area (Å²) in [4.78, 5) is 37.3. The summed E-state index contributed by atoms with van der Waals surface area (Å²) in [5.41, 5.74) is 7.30. The number of aromatic hydroxyl groups is 1. The number of phenols is 1. The number of aliphatic hydroxyl groups excluding tert-OH is 3. The molecule has 10 heteroatoms. The molecule has 0 heterocycles. The average Bonchev–Trinajstić information content (AvgIpc) is 2.66. The Labute approximate surface area is 169 Å². The van der Waals surface area contributed by atoms with E-state index in [0.717, 1.165) is 0 Å². The lowest BCUT2D eigenvalue weighted by atomic mass is 9.55. The lowest BCUT2D eigenvalue weighted by Gasteiger charge is -2.50. The Morgan fingerprint density at radius 3 is 2.43 bits per heavy atom. The van der Waals surface area contributed by atoms with Gasteiger partial charge < -0.3 is 37.0 Å². The molecule has 0 bridgehead atoms. The van der Waals surface area contributed by atoms with Gasteiger partial charge in [-0.2, -0.15) is 0 Å². The molecule has 0 aliphatic heterocycles. The van der Waals surface area contributed by atoms with Crippen molar-refractivity contribution < 1.29 is 39.9 Å². The van der Waals surface area contributed by atoms with Crippen molar-refractivity contribution >= 4 is 28.9 Å². The topological polar surface area (TPSA) is 204 Å². The fourth-order valence-corrected chi connectivity index (χ4v) is 5.11. The minimum atomic E-state index is -2.84. The standard InChI is InChI=1S/C20H20N2O8/c1-5-10-7(21)2-3-8(23)12(10)16(26)14-11(5)15(25)6-4-9(24)13(19(22)29)17(27)20(6,30)18(14)28/h2-3,5-6,11,15,23,25-27,30H,4,21H2,1H3,(H2,22,29)/t5-,6+,11+,15+,20+/m0/s1. The number of aliphatic hydroxyl groups is 4. The van der Waals surface area contributed by atoms with E-state index in [1.165, 1.54) is 12.1 Å². The normalized spacial score (nSPS) is 33.2. The third-order valence-corrected chi connectivity index (χ3v) is 6.51. The second kappa shape index (κ2) is 6.07. The molecule has 1 fully saturated rings. The number of anilines is 1. The number of benzene rings is 1. The Balaban J connectivity index is 2.04. The zero-order valence-corrected chi connectivity index (χ0v) is 15.8. The van der Waals surface area contributed by atoms with Gasteiger partial charge in [-0.1, -0.05) is 6.92 Å². The van der Waals surface area contributed by atoms with Crippen molar-refractivity contribution in [2.45, 2.75) is 31.0 Å². The number of phenolic OH excluding ortho intramolecular Hbond substituents is 1. The van der Waals surface area contributed by atoms with Crippen molar-refractivity contribution in [3.63, 3.8) is 0 Å². The highest BCUT2D eigenvalue weighted by atomic mass is 16.4. The van der Waals surface area contributed by atoms with Gasteiger partial charge in [-0.05, 0) is 23.6 Å². The van der Waals surface area contributed by atoms with Crippen LogP contribution in [-0.4, -0.2) is 54.7 Å². The maximum Gasteiger partial charge on any atom is 0.255 e. The van der Waals surface area contributed by atoms with Crippen molar-refractivity contribution in [1.29, 1.82) is 0 Å². The van der Waals surface area contributed by atoms with E-state index < -0.39 is 76.0 Å². The van der Waals surface area contributed by atoms with E-state index in [-0.39, 0.29) is 17.0 Å². The Hall–Kier alpha value is -3.37. The van der Waals surface area contributed by atoms with Crippen molar-refractivity contribution in [2.24, 2.45) is 17.6 Å². The van der Waals surface area contributed by atoms with E-state index in [1.54, 1.807) is 6.92 Å². The molecule has 9 N–H and O–H groups in total. The summed E-state index contributed by atoms with van der Waals surface area (Å²) in [5.74, 6) is -9.04. The molecule has 4 rings (SSSR count). The van der Waals surface area contributed by atoms with Crippen LogP contribution in [0.1, 0.15) is 30.4 Å². The van der Waals surface area contributed by atoms with Crippen LogP contribution in [0.25, 0.3) is 5.76 Å². The zero-order valence-electron chi connectivity index (χ0n) is 15.8. The van der Waals surface area contributed by atoms with E-state index in [1.807, 2.05) is 0 Å². The molecule has 3 aliphatic rings. The van der Waals surface area contributed by atoms with Gasteiger partial charge in [-0.3, -0.25) is 14.4 Å². The van der Waals surface area contributed by atoms with Crippen LogP contribution in [0.15, 0.2) is 29.0 Å². The number of nitrogen functional groups attached to an aromatic ring is 1. The first-order chi connectivity index (χ1) is 13.9. The molecule has 30 heavy (non-hydrogen) atoms. The fraction of sp³-hybridized carbons (Fsp3) is 0.350. The lowest BCUT2D eigenvalue weighted by molar-refractivity contribution is -0.160. The van der Waals surface area contributed by atoms with Gasteiger partial charge in [0.2, 0.25) is 5.78 Å². The average molecular weight is 416 g/mol. The first kappa shape index (κ1) is 19.9. The third-order valence-electron chi connectivity index (χ3n) is 6.51. The van der Waals surface area contributed by atoms with Gasteiger partial charge in [0, 0.05) is 29.5 Å². The molecule has 1 aromatic rings. The SMILES string of the molecule is C[C@H]1c2c(N)ccc(O)c2C(O)=C2C(=O)[C@]3(O)C(O)=C(C(N)=O)C(=O)C[C@@H]3[C@@H](O)[C@@H]21. The van der Waals surface area contributed by atoms with Crippen LogP contribution in [-0.2, 0) is 14.4 Å². The summed E-state index contributed by atoms with van der Waals surface area (Å²) in [6.45, 7) is 1.61. The minimum Gasteiger partial charge on any atom is -0.508 e. The number of rotatable bonds is 1. The molecular weight excluding hydrogens is 396 g/mol. The fourth-order valence-electron chi connectivity index (χ4n) is 5.11. The third kappa shape index (κ3) is 2.17. The molecule has 0 spiro atoms. The van der Waals surface area contributed by atoms with Crippen molar-refractivity contribution in [1.82, 2.24) is 0 Å². The molecule has 1 aromatic carbocycles. The maximum atomic E-state index is 13.4. The highest BCUT2D eigenvalue weighted by Crippen LogP contribution is 2.56. The Morgan fingerprint density at radius 2 is 1.83 bits per heavy atom. The van der Waals surface area contributed by atoms with Gasteiger partial charge in [0.15, 0.2) is 11.4 Å². The highest BCUT2D eigenvalue weighted by molar-refractivity contribution is 6.23. The summed E-state index contributed by atoms with van der Waals surface area (Å²) in [6, 6.07) is 2.63. The minimum absolute atomic E-state index is 0.123. The summed E-state index contributed by atoms with van der Waals surface area (Å²) < 4.78 is 0. The first-order valence-electron chi connectivity index (χ1n) is 9.21. The summed E-state index contributed by atoms with van der Waals surface area (Å²) in [6.07, 6.45) is -2.19. The van der Waals surface area contributed by atoms with Crippen LogP contribution < -0.4 is 11.5 Å². The number of ketones is 2. The molecule has 158 valence electrons. The summed E-state index contributed by atoms with van der Waals surface area (Å²) in [5, 5.41) is 53.8. The number of hydrogen-bond donors (Lipinski definition) is 7. The first-order valence-corrected chi connectivity index (χ1v) is 9.21. The van der Waals surface area contributed by atoms with Crippen LogP contribution in [0.4, 0.5) is 5.69 Å². The van der Waals surface area contributed by atoms with Crippen molar-refractivity contribution in [2.75, 3.05) is 5.73 Å². The molecule has 0 aromatic heterocycles. The number of Topliss-reactive ketones (excluding diaryl/α,β-unsaturated/α-hetero) is 2. The van der Waals surface area contributed by atoms with Crippen molar-refractivity contribution in [3.05, 3.63) is 40.2 Å². The smallest absolute Gasteiger partial charge is 0.255 e. The van der Waals surface area contributed by atoms with Gasteiger partial charge in [-0.25, -0.2) is 0 Å². The molecule has 1 saturated carbocycles. The summed E-state index contributed by atoms with van der Waals surface area (Å²) >= 11 is 0. The highest BCUT2D eigenvalue weighted by Gasteiger charge is 2.65. The number of carbonyl (C=O) groups is 3. The van der Waals surface area contributed by atoms with Crippen LogP contribution in [0.5, 0.6) is 5.75 Å². The van der Waals surface area contributed by atoms with Crippen LogP contribution in [0.2, 0.25) is 0 Å². The number of primary amides is 1. The van der Waals surface area contributed by atoms with Crippen molar-refractivity contribution in [3.8, 4) is 5.75 Å². The van der Waals surface area contributed by atoms with E-state index in [2.05, 4.69) is 0 Å². The largest absolute Gasteiger partial charge is 0.508 e. The van der Waals surface area contributed by atoms with Gasteiger partial charge in [-0.15, -0.1) is 0 Å². The number of hydrogen-bond acceptors (Lipinski definition) is 9. The number of amides is 1. The zero-order chi connectivity index (χ0) is 22.3. The van der Waals surface area contributed by atoms with Gasteiger partial charge in [0.05, 0.1) is 11.7 Å². The molecule has 0 radical (unpaired) electrons. The lowest BCUT2D eigenvalue weighted by Crippen LogP contribution is -2.63. The quantitative estimate of drug-likeness (QED) is 0.179. The Kier molecular flexibility index (Phi) is 4.03. The molecule has 1 amide bonds.